The van der Waals surface area contributed by atoms with Crippen LogP contribution in [-0.4, -0.2) is 46.2 Å². The summed E-state index contributed by atoms with van der Waals surface area (Å²) < 4.78 is 47.4. The van der Waals surface area contributed by atoms with Crippen LogP contribution in [0.15, 0.2) is 47.4 Å². The van der Waals surface area contributed by atoms with E-state index in [0.29, 0.717) is 10.6 Å². The number of nitrogens with zero attached hydrogens (tertiary/aromatic N) is 7. The van der Waals surface area contributed by atoms with Gasteiger partial charge in [-0.1, -0.05) is 23.2 Å². The molecule has 0 saturated heterocycles. The Kier molecular flexibility index (Phi) is 7.88. The highest BCUT2D eigenvalue weighted by Gasteiger charge is 2.29. The summed E-state index contributed by atoms with van der Waals surface area (Å²) in [6, 6.07) is 9.37. The highest BCUT2D eigenvalue weighted by atomic mass is 35.5. The Morgan fingerprint density at radius 3 is 2.47 bits per heavy atom. The number of hydrogen-bond acceptors (Lipinski definition) is 7. The molecule has 1 atom stereocenters. The molecule has 0 spiro atoms. The number of benzene rings is 1. The molecule has 0 aliphatic heterocycles. The molecule has 3 aromatic heterocycles. The summed E-state index contributed by atoms with van der Waals surface area (Å²) in [5.74, 6) is -0.111. The maximum absolute atomic E-state index is 13.2. The lowest BCUT2D eigenvalue weighted by Gasteiger charge is -2.12. The molecule has 0 amide bonds. The minimum Gasteiger partial charge on any atom is -0.455 e. The first-order valence-corrected chi connectivity index (χ1v) is 11.9. The van der Waals surface area contributed by atoms with Gasteiger partial charge in [0.05, 0.1) is 11.4 Å². The van der Waals surface area contributed by atoms with Crippen LogP contribution in [0.3, 0.4) is 0 Å². The SMILES string of the molecule is CC(=O)OC(C)c1nc(Cn2nc(-c3ccc(Cl)cc3)n(CCC(F)(F)F)c2=O)nn1-c1ncccc1Cl. The first kappa shape index (κ1) is 27.3. The lowest BCUT2D eigenvalue weighted by molar-refractivity contribution is -0.146. The minimum absolute atomic E-state index is 0.0247. The molecule has 4 aromatic rings. The highest BCUT2D eigenvalue weighted by Crippen LogP contribution is 2.25. The molecule has 200 valence electrons. The number of rotatable bonds is 8. The van der Waals surface area contributed by atoms with Crippen molar-refractivity contribution in [3.8, 4) is 17.2 Å². The van der Waals surface area contributed by atoms with Crippen molar-refractivity contribution in [1.29, 1.82) is 0 Å². The van der Waals surface area contributed by atoms with Crippen LogP contribution >= 0.6 is 23.2 Å². The molecule has 0 aliphatic rings. The molecule has 15 heteroatoms. The number of carbonyl (C=O) groups is 1. The van der Waals surface area contributed by atoms with E-state index in [1.165, 1.54) is 29.9 Å². The fourth-order valence-corrected chi connectivity index (χ4v) is 3.95. The number of ether oxygens (including phenoxy) is 1. The van der Waals surface area contributed by atoms with Gasteiger partial charge in [0.15, 0.2) is 29.4 Å². The van der Waals surface area contributed by atoms with Crippen molar-refractivity contribution >= 4 is 29.2 Å². The molecule has 1 unspecified atom stereocenters. The van der Waals surface area contributed by atoms with Gasteiger partial charge in [-0.3, -0.25) is 9.36 Å². The smallest absolute Gasteiger partial charge is 0.390 e. The summed E-state index contributed by atoms with van der Waals surface area (Å²) in [6.07, 6.45) is -5.09. The van der Waals surface area contributed by atoms with Crippen molar-refractivity contribution in [3.05, 3.63) is 74.8 Å². The van der Waals surface area contributed by atoms with Crippen LogP contribution in [-0.2, 0) is 22.6 Å². The molecule has 0 N–H and O–H groups in total. The standard InChI is InChI=1S/C23H20Cl2F3N7O3/c1-13(38-14(2)36)19-30-18(31-35(19)21-17(25)4-3-10-29-21)12-34-22(37)33(11-9-23(26,27)28)20(32-34)15-5-7-16(24)8-6-15/h3-8,10,13H,9,11-12H2,1-2H3. The van der Waals surface area contributed by atoms with Crippen molar-refractivity contribution in [1.82, 2.24) is 34.1 Å². The normalized spacial score (nSPS) is 12.5. The van der Waals surface area contributed by atoms with Crippen molar-refractivity contribution in [3.63, 3.8) is 0 Å². The molecule has 4 rings (SSSR count). The first-order valence-electron chi connectivity index (χ1n) is 11.2. The van der Waals surface area contributed by atoms with Gasteiger partial charge in [-0.2, -0.15) is 17.9 Å². The monoisotopic (exact) mass is 569 g/mol. The average molecular weight is 570 g/mol. The zero-order valence-electron chi connectivity index (χ0n) is 20.0. The molecule has 10 nitrogen and oxygen atoms in total. The van der Waals surface area contributed by atoms with Crippen LogP contribution in [0, 0.1) is 0 Å². The van der Waals surface area contributed by atoms with Crippen molar-refractivity contribution < 1.29 is 22.7 Å². The third-order valence-corrected chi connectivity index (χ3v) is 5.80. The number of carbonyl (C=O) groups excluding carboxylic acids is 1. The lowest BCUT2D eigenvalue weighted by atomic mass is 10.2. The van der Waals surface area contributed by atoms with Crippen LogP contribution in [0.2, 0.25) is 10.0 Å². The second kappa shape index (κ2) is 11.0. The molecule has 3 heterocycles. The number of aromatic nitrogens is 7. The molecule has 0 aliphatic carbocycles. The number of hydrogen-bond donors (Lipinski definition) is 0. The second-order valence-corrected chi connectivity index (χ2v) is 8.99. The molecule has 0 fully saturated rings. The van der Waals surface area contributed by atoms with E-state index in [2.05, 4.69) is 20.2 Å². The van der Waals surface area contributed by atoms with Crippen molar-refractivity contribution in [2.24, 2.45) is 0 Å². The average Bonchev–Trinajstić information content (AvgIpc) is 3.39. The van der Waals surface area contributed by atoms with Crippen LogP contribution in [0.1, 0.15) is 38.0 Å². The topological polar surface area (TPSA) is 110 Å². The molecule has 0 bridgehead atoms. The fourth-order valence-electron chi connectivity index (χ4n) is 3.62. The van der Waals surface area contributed by atoms with Gasteiger partial charge < -0.3 is 4.74 Å². The molecule has 0 radical (unpaired) electrons. The van der Waals surface area contributed by atoms with Crippen LogP contribution in [0.5, 0.6) is 0 Å². The summed E-state index contributed by atoms with van der Waals surface area (Å²) in [7, 11) is 0. The summed E-state index contributed by atoms with van der Waals surface area (Å²) in [5, 5.41) is 9.29. The Labute approximate surface area is 223 Å². The minimum atomic E-state index is -4.48. The van der Waals surface area contributed by atoms with Crippen molar-refractivity contribution in [2.75, 3.05) is 0 Å². The molecule has 0 saturated carbocycles. The Morgan fingerprint density at radius 1 is 1.13 bits per heavy atom. The van der Waals surface area contributed by atoms with Gasteiger partial charge in [0.1, 0.15) is 6.54 Å². The zero-order valence-corrected chi connectivity index (χ0v) is 21.5. The Morgan fingerprint density at radius 2 is 1.84 bits per heavy atom. The van der Waals surface area contributed by atoms with Gasteiger partial charge in [-0.25, -0.2) is 19.4 Å². The molecule has 1 aromatic carbocycles. The predicted molar refractivity (Wildman–Crippen MR) is 131 cm³/mol. The van der Waals surface area contributed by atoms with Gasteiger partial charge >= 0.3 is 17.8 Å². The maximum atomic E-state index is 13.2. The second-order valence-electron chi connectivity index (χ2n) is 8.15. The molecule has 38 heavy (non-hydrogen) atoms. The van der Waals surface area contributed by atoms with E-state index in [-0.39, 0.29) is 34.9 Å². The molecular weight excluding hydrogens is 550 g/mol. The predicted octanol–water partition coefficient (Wildman–Crippen LogP) is 4.62. The Bertz CT molecular complexity index is 1510. The maximum Gasteiger partial charge on any atom is 0.390 e. The van der Waals surface area contributed by atoms with E-state index in [4.69, 9.17) is 27.9 Å². The van der Waals surface area contributed by atoms with E-state index >= 15 is 0 Å². The van der Waals surface area contributed by atoms with Crippen LogP contribution in [0.25, 0.3) is 17.2 Å². The van der Waals surface area contributed by atoms with E-state index < -0.39 is 36.9 Å². The van der Waals surface area contributed by atoms with Gasteiger partial charge in [-0.05, 0) is 43.3 Å². The number of halogens is 5. The summed E-state index contributed by atoms with van der Waals surface area (Å²) in [6.45, 7) is 1.87. The Balaban J connectivity index is 1.77. The summed E-state index contributed by atoms with van der Waals surface area (Å²) in [5.41, 5.74) is -0.392. The van der Waals surface area contributed by atoms with Crippen LogP contribution < -0.4 is 5.69 Å². The van der Waals surface area contributed by atoms with E-state index in [9.17, 15) is 22.8 Å². The zero-order chi connectivity index (χ0) is 27.6. The van der Waals surface area contributed by atoms with Gasteiger partial charge in [-0.15, -0.1) is 10.2 Å². The fraction of sp³-hybridized carbons (Fsp3) is 0.304. The number of esters is 1. The van der Waals surface area contributed by atoms with E-state index in [0.717, 1.165) is 9.25 Å². The third-order valence-electron chi connectivity index (χ3n) is 5.26. The van der Waals surface area contributed by atoms with Crippen molar-refractivity contribution in [2.45, 2.75) is 45.6 Å². The van der Waals surface area contributed by atoms with Gasteiger partial charge in [0.2, 0.25) is 0 Å². The number of pyridine rings is 1. The van der Waals surface area contributed by atoms with E-state index in [1.54, 1.807) is 31.2 Å². The van der Waals surface area contributed by atoms with Gasteiger partial charge in [0, 0.05) is 30.3 Å². The Hall–Kier alpha value is -3.71. The lowest BCUT2D eigenvalue weighted by Crippen LogP contribution is -2.27. The number of alkyl halides is 3. The third kappa shape index (κ3) is 6.22. The van der Waals surface area contributed by atoms with E-state index in [1.807, 2.05) is 0 Å². The molecular formula is C23H20Cl2F3N7O3. The summed E-state index contributed by atoms with van der Waals surface area (Å²) >= 11 is 12.2. The highest BCUT2D eigenvalue weighted by molar-refractivity contribution is 6.32. The van der Waals surface area contributed by atoms with Crippen LogP contribution in [0.4, 0.5) is 13.2 Å². The first-order chi connectivity index (χ1) is 17.9. The largest absolute Gasteiger partial charge is 0.455 e. The van der Waals surface area contributed by atoms with Gasteiger partial charge in [0.25, 0.3) is 0 Å². The summed E-state index contributed by atoms with van der Waals surface area (Å²) in [4.78, 5) is 33.3. The quantitative estimate of drug-likeness (QED) is 0.285.